The minimum absolute atomic E-state index is 0.157. The van der Waals surface area contributed by atoms with E-state index in [1.807, 2.05) is 0 Å². The minimum Gasteiger partial charge on any atom is -0.379 e. The second kappa shape index (κ2) is 12.5. The molecule has 140 valence electrons. The van der Waals surface area contributed by atoms with Crippen LogP contribution in [0.15, 0.2) is 24.3 Å². The molecule has 7 heteroatoms. The van der Waals surface area contributed by atoms with Gasteiger partial charge in [-0.25, -0.2) is 0 Å². The molecule has 1 aromatic rings. The van der Waals surface area contributed by atoms with Gasteiger partial charge in [0.15, 0.2) is 0 Å². The highest BCUT2D eigenvalue weighted by molar-refractivity contribution is 6.30. The van der Waals surface area contributed by atoms with Crippen LogP contribution in [0.5, 0.6) is 0 Å². The Morgan fingerprint density at radius 3 is 2.12 bits per heavy atom. The van der Waals surface area contributed by atoms with E-state index in [1.165, 1.54) is 37.7 Å². The van der Waals surface area contributed by atoms with Crippen LogP contribution in [0, 0.1) is 0 Å². The first-order chi connectivity index (χ1) is 11.3. The molecule has 2 N–H and O–H groups in total. The van der Waals surface area contributed by atoms with Crippen molar-refractivity contribution in [3.05, 3.63) is 34.9 Å². The van der Waals surface area contributed by atoms with Crippen LogP contribution in [0.2, 0.25) is 5.02 Å². The highest BCUT2D eigenvalue weighted by atomic mass is 35.5. The molecule has 1 aliphatic rings. The number of benzene rings is 1. The zero-order chi connectivity index (χ0) is 18.6. The third kappa shape index (κ3) is 10.1. The van der Waals surface area contributed by atoms with Gasteiger partial charge in [-0.15, -0.1) is 0 Å². The summed E-state index contributed by atoms with van der Waals surface area (Å²) < 4.78 is 42.4. The molecule has 0 amide bonds. The normalized spacial score (nSPS) is 18.6. The third-order valence-corrected chi connectivity index (χ3v) is 3.18. The molecule has 1 aliphatic heterocycles. The number of halogens is 4. The molecule has 24 heavy (non-hydrogen) atoms. The van der Waals surface area contributed by atoms with Crippen LogP contribution in [0.4, 0.5) is 13.2 Å². The number of morpholine rings is 1. The Morgan fingerprint density at radius 1 is 1.29 bits per heavy atom. The van der Waals surface area contributed by atoms with E-state index in [0.29, 0.717) is 11.1 Å². The molecule has 0 bridgehead atoms. The van der Waals surface area contributed by atoms with E-state index in [1.54, 1.807) is 0 Å². The number of rotatable bonds is 2. The van der Waals surface area contributed by atoms with Gasteiger partial charge in [0.25, 0.3) is 0 Å². The van der Waals surface area contributed by atoms with E-state index >= 15 is 0 Å². The van der Waals surface area contributed by atoms with Crippen molar-refractivity contribution in [3.8, 4) is 0 Å². The molecule has 1 fully saturated rings. The van der Waals surface area contributed by atoms with Gasteiger partial charge >= 0.3 is 6.18 Å². The van der Waals surface area contributed by atoms with E-state index in [0.717, 1.165) is 19.8 Å². The first-order valence-electron chi connectivity index (χ1n) is 8.06. The van der Waals surface area contributed by atoms with Crippen molar-refractivity contribution < 1.29 is 17.9 Å². The monoisotopic (exact) mass is 368 g/mol. The summed E-state index contributed by atoms with van der Waals surface area (Å²) in [5.74, 6) is 0. The number of ether oxygens (including phenoxy) is 1. The second-order valence-corrected chi connectivity index (χ2v) is 5.89. The first kappa shape index (κ1) is 23.2. The average molecular weight is 369 g/mol. The summed E-state index contributed by atoms with van der Waals surface area (Å²) in [4.78, 5) is 0. The fraction of sp³-hybridized carbons (Fsp3) is 0.647. The number of nitrogens with one attached hydrogen (secondary N) is 2. The Hall–Kier alpha value is -0.820. The molecule has 0 saturated carbocycles. The maximum absolute atomic E-state index is 12.4. The lowest BCUT2D eigenvalue weighted by atomic mass is 10.1. The fourth-order valence-electron chi connectivity index (χ4n) is 1.87. The van der Waals surface area contributed by atoms with E-state index in [4.69, 9.17) is 16.3 Å². The van der Waals surface area contributed by atoms with Gasteiger partial charge in [-0.3, -0.25) is 0 Å². The summed E-state index contributed by atoms with van der Waals surface area (Å²) in [5.41, 5.74) is 0.157. The van der Waals surface area contributed by atoms with Gasteiger partial charge in [0.2, 0.25) is 0 Å². The highest BCUT2D eigenvalue weighted by Crippen LogP contribution is 2.32. The second-order valence-electron chi connectivity index (χ2n) is 5.45. The van der Waals surface area contributed by atoms with Gasteiger partial charge in [-0.05, 0) is 31.7 Å². The molecule has 1 saturated heterocycles. The van der Waals surface area contributed by atoms with E-state index in [9.17, 15) is 13.2 Å². The Balaban J connectivity index is 0.000000439. The molecule has 0 aliphatic carbocycles. The molecule has 2 unspecified atom stereocenters. The lowest BCUT2D eigenvalue weighted by Gasteiger charge is -2.19. The Morgan fingerprint density at radius 2 is 1.83 bits per heavy atom. The van der Waals surface area contributed by atoms with Crippen LogP contribution < -0.4 is 10.6 Å². The molecule has 2 rings (SSSR count). The van der Waals surface area contributed by atoms with Crippen LogP contribution in [-0.2, 0) is 4.74 Å². The predicted molar refractivity (Wildman–Crippen MR) is 93.6 cm³/mol. The van der Waals surface area contributed by atoms with Crippen molar-refractivity contribution in [3.63, 3.8) is 0 Å². The van der Waals surface area contributed by atoms with Crippen molar-refractivity contribution in [2.24, 2.45) is 0 Å². The van der Waals surface area contributed by atoms with E-state index in [-0.39, 0.29) is 5.56 Å². The number of hydrogen-bond donors (Lipinski definition) is 2. The maximum atomic E-state index is 12.4. The maximum Gasteiger partial charge on any atom is 0.407 e. The summed E-state index contributed by atoms with van der Waals surface area (Å²) >= 11 is 5.57. The highest BCUT2D eigenvalue weighted by Gasteiger charge is 2.39. The summed E-state index contributed by atoms with van der Waals surface area (Å²) in [5, 5.41) is 5.89. The zero-order valence-electron chi connectivity index (χ0n) is 14.7. The Kier molecular flexibility index (Phi) is 12.1. The molecule has 0 spiro atoms. The summed E-state index contributed by atoms with van der Waals surface area (Å²) in [7, 11) is 1.27. The molecule has 0 aromatic heterocycles. The molecule has 1 aromatic carbocycles. The molecule has 0 radical (unpaired) electrons. The van der Waals surface area contributed by atoms with Crippen LogP contribution in [0.25, 0.3) is 0 Å². The van der Waals surface area contributed by atoms with Gasteiger partial charge in [0, 0.05) is 17.6 Å². The largest absolute Gasteiger partial charge is 0.407 e. The quantitative estimate of drug-likeness (QED) is 0.802. The van der Waals surface area contributed by atoms with Gasteiger partial charge in [-0.2, -0.15) is 13.2 Å². The molecule has 3 nitrogen and oxygen atoms in total. The molecular weight excluding hydrogens is 341 g/mol. The summed E-state index contributed by atoms with van der Waals surface area (Å²) in [6, 6.07) is 4.52. The first-order valence-corrected chi connectivity index (χ1v) is 8.44. The zero-order valence-corrected chi connectivity index (χ0v) is 15.5. The predicted octanol–water partition coefficient (Wildman–Crippen LogP) is 4.57. The SMILES string of the molecule is CC1COCCN1.CCC.CNC(c1ccc(Cl)cc1)C(F)(F)F. The van der Waals surface area contributed by atoms with Crippen LogP contribution in [0.1, 0.15) is 38.8 Å². The fourth-order valence-corrected chi connectivity index (χ4v) is 2.00. The van der Waals surface area contributed by atoms with Crippen molar-refractivity contribution in [2.75, 3.05) is 26.8 Å². The average Bonchev–Trinajstić information content (AvgIpc) is 2.51. The van der Waals surface area contributed by atoms with Gasteiger partial charge < -0.3 is 15.4 Å². The van der Waals surface area contributed by atoms with Gasteiger partial charge in [-0.1, -0.05) is 44.0 Å². The molecule has 2 atom stereocenters. The Bertz CT molecular complexity index is 421. The van der Waals surface area contributed by atoms with Crippen LogP contribution in [-0.4, -0.2) is 39.0 Å². The van der Waals surface area contributed by atoms with Gasteiger partial charge in [0.05, 0.1) is 13.2 Å². The van der Waals surface area contributed by atoms with Crippen molar-refractivity contribution >= 4 is 11.6 Å². The molecular formula is C17H28ClF3N2O. The van der Waals surface area contributed by atoms with Crippen molar-refractivity contribution in [1.29, 1.82) is 0 Å². The van der Waals surface area contributed by atoms with Gasteiger partial charge in [0.1, 0.15) is 6.04 Å². The third-order valence-electron chi connectivity index (χ3n) is 2.93. The van der Waals surface area contributed by atoms with Crippen LogP contribution in [0.3, 0.4) is 0 Å². The van der Waals surface area contributed by atoms with E-state index in [2.05, 4.69) is 31.4 Å². The number of hydrogen-bond acceptors (Lipinski definition) is 3. The molecule has 1 heterocycles. The van der Waals surface area contributed by atoms with Crippen molar-refractivity contribution in [2.45, 2.75) is 45.5 Å². The lowest BCUT2D eigenvalue weighted by Crippen LogP contribution is -2.38. The van der Waals surface area contributed by atoms with Crippen molar-refractivity contribution in [1.82, 2.24) is 10.6 Å². The smallest absolute Gasteiger partial charge is 0.379 e. The topological polar surface area (TPSA) is 33.3 Å². The Labute approximate surface area is 147 Å². The standard InChI is InChI=1S/C9H9ClF3N.C5H11NO.C3H8/c1-14-8(9(11,12)13)6-2-4-7(10)5-3-6;1-5-4-7-3-2-6-5;1-3-2/h2-5,8,14H,1H3;5-6H,2-4H2,1H3;3H2,1-2H3. The van der Waals surface area contributed by atoms with Crippen LogP contribution >= 0.6 is 11.6 Å². The number of alkyl halides is 3. The lowest BCUT2D eigenvalue weighted by molar-refractivity contribution is -0.156. The van der Waals surface area contributed by atoms with E-state index < -0.39 is 12.2 Å². The summed E-state index contributed by atoms with van der Waals surface area (Å²) in [6.45, 7) is 9.14. The minimum atomic E-state index is -4.29. The summed E-state index contributed by atoms with van der Waals surface area (Å²) in [6.07, 6.45) is -3.04.